The number of benzene rings is 6. The van der Waals surface area contributed by atoms with E-state index < -0.39 is 0 Å². The second kappa shape index (κ2) is 8.94. The summed E-state index contributed by atoms with van der Waals surface area (Å²) in [7, 11) is 0. The number of ether oxygens (including phenoxy) is 2. The Labute approximate surface area is 284 Å². The van der Waals surface area contributed by atoms with E-state index in [0.717, 1.165) is 28.6 Å². The molecule has 0 bridgehead atoms. The first-order valence-electron chi connectivity index (χ1n) is 16.9. The van der Waals surface area contributed by atoms with Crippen LogP contribution in [-0.4, -0.2) is 13.4 Å². The SMILES string of the molecule is Cc1cc(C)c2c(c1)Oc1c(C)c3c4c5c1B2c1cc(C)ccc1N5c1cc2sc5ccccc5c2cc1B4c1c(C)cc(C)cc1O3. The molecule has 4 aliphatic heterocycles. The zero-order valence-corrected chi connectivity index (χ0v) is 28.6. The Kier molecular flexibility index (Phi) is 5.04. The molecule has 0 amide bonds. The van der Waals surface area contributed by atoms with Gasteiger partial charge in [0.25, 0.3) is 13.4 Å². The Morgan fingerprint density at radius 2 is 1.17 bits per heavy atom. The van der Waals surface area contributed by atoms with Crippen molar-refractivity contribution >= 4 is 94.8 Å². The first kappa shape index (κ1) is 27.1. The third kappa shape index (κ3) is 3.22. The molecule has 0 saturated heterocycles. The summed E-state index contributed by atoms with van der Waals surface area (Å²) in [5, 5.41) is 2.65. The first-order valence-corrected chi connectivity index (χ1v) is 17.7. The van der Waals surface area contributed by atoms with Gasteiger partial charge in [-0.05, 0) is 121 Å². The van der Waals surface area contributed by atoms with E-state index in [1.54, 1.807) is 0 Å². The molecule has 3 nitrogen and oxygen atoms in total. The van der Waals surface area contributed by atoms with Crippen molar-refractivity contribution in [1.29, 1.82) is 0 Å². The van der Waals surface area contributed by atoms with Crippen LogP contribution in [0.25, 0.3) is 20.2 Å². The summed E-state index contributed by atoms with van der Waals surface area (Å²) >= 11 is 1.89. The van der Waals surface area contributed by atoms with Crippen LogP contribution in [0.15, 0.2) is 78.9 Å². The highest BCUT2D eigenvalue weighted by Crippen LogP contribution is 2.49. The molecule has 0 fully saturated rings. The van der Waals surface area contributed by atoms with Crippen molar-refractivity contribution in [3.05, 3.63) is 112 Å². The molecule has 48 heavy (non-hydrogen) atoms. The molecule has 4 aliphatic rings. The summed E-state index contributed by atoms with van der Waals surface area (Å²) in [5.74, 6) is 3.81. The lowest BCUT2D eigenvalue weighted by molar-refractivity contribution is 0.458. The van der Waals surface area contributed by atoms with Crippen LogP contribution in [0.4, 0.5) is 17.1 Å². The molecule has 0 atom stereocenters. The Hall–Kier alpha value is -4.93. The van der Waals surface area contributed by atoms with Crippen LogP contribution in [0.3, 0.4) is 0 Å². The van der Waals surface area contributed by atoms with Gasteiger partial charge in [-0.2, -0.15) is 0 Å². The number of nitrogens with zero attached hydrogens (tertiary/aromatic N) is 1. The van der Waals surface area contributed by atoms with Crippen molar-refractivity contribution in [2.75, 3.05) is 4.90 Å². The Morgan fingerprint density at radius 3 is 1.83 bits per heavy atom. The lowest BCUT2D eigenvalue weighted by Crippen LogP contribution is -2.67. The van der Waals surface area contributed by atoms with Crippen molar-refractivity contribution in [3.63, 3.8) is 0 Å². The van der Waals surface area contributed by atoms with Crippen molar-refractivity contribution in [3.8, 4) is 23.0 Å². The van der Waals surface area contributed by atoms with Crippen LogP contribution in [0.1, 0.15) is 33.4 Å². The normalized spacial score (nSPS) is 14.2. The van der Waals surface area contributed by atoms with Crippen LogP contribution in [-0.2, 0) is 0 Å². The number of thiophene rings is 1. The Morgan fingerprint density at radius 1 is 0.542 bits per heavy atom. The minimum atomic E-state index is 0.0332. The highest BCUT2D eigenvalue weighted by Gasteiger charge is 2.52. The van der Waals surface area contributed by atoms with Crippen LogP contribution >= 0.6 is 11.3 Å². The number of hydrogen-bond donors (Lipinski definition) is 0. The minimum absolute atomic E-state index is 0.0332. The largest absolute Gasteiger partial charge is 0.458 e. The fourth-order valence-electron chi connectivity index (χ4n) is 9.51. The summed E-state index contributed by atoms with van der Waals surface area (Å²) in [4.78, 5) is 2.56. The standard InChI is InChI=1S/C42H31B2NO2S/c1-20-11-12-30-28(15-20)43-36-23(4)13-21(2)16-32(36)46-41-25(6)42-39-40(38(41)43)45(30)31-19-35-27(26-9-7-8-10-34(26)48-35)18-29(31)44(39)37-24(5)14-22(3)17-33(37)47-42/h7-19H,1-6H3. The van der Waals surface area contributed by atoms with Crippen molar-refractivity contribution in [1.82, 2.24) is 0 Å². The van der Waals surface area contributed by atoms with Gasteiger partial charge in [-0.3, -0.25) is 0 Å². The summed E-state index contributed by atoms with van der Waals surface area (Å²) in [5.41, 5.74) is 18.8. The third-order valence-electron chi connectivity index (χ3n) is 11.3. The van der Waals surface area contributed by atoms with Gasteiger partial charge in [0.1, 0.15) is 23.0 Å². The quantitative estimate of drug-likeness (QED) is 0.164. The number of anilines is 3. The van der Waals surface area contributed by atoms with E-state index in [4.69, 9.17) is 9.47 Å². The molecule has 0 radical (unpaired) electrons. The zero-order valence-electron chi connectivity index (χ0n) is 27.8. The molecular formula is C42H31B2NO2S. The average molecular weight is 635 g/mol. The molecule has 0 spiro atoms. The summed E-state index contributed by atoms with van der Waals surface area (Å²) in [6, 6.07) is 29.9. The van der Waals surface area contributed by atoms with Crippen molar-refractivity contribution in [2.24, 2.45) is 0 Å². The second-order valence-corrected chi connectivity index (χ2v) is 15.5. The van der Waals surface area contributed by atoms with E-state index in [9.17, 15) is 0 Å². The van der Waals surface area contributed by atoms with Crippen LogP contribution in [0, 0.1) is 41.5 Å². The number of fused-ring (bicyclic) bond motifs is 13. The lowest BCUT2D eigenvalue weighted by Gasteiger charge is -2.48. The lowest BCUT2D eigenvalue weighted by atomic mass is 9.28. The van der Waals surface area contributed by atoms with E-state index in [0.29, 0.717) is 0 Å². The molecule has 0 unspecified atom stereocenters. The molecule has 5 heterocycles. The Bertz CT molecular complexity index is 2670. The molecule has 228 valence electrons. The van der Waals surface area contributed by atoms with Gasteiger partial charge in [-0.1, -0.05) is 65.2 Å². The predicted molar refractivity (Wildman–Crippen MR) is 205 cm³/mol. The van der Waals surface area contributed by atoms with E-state index in [1.165, 1.54) is 97.8 Å². The van der Waals surface area contributed by atoms with Crippen molar-refractivity contribution < 1.29 is 9.47 Å². The maximum Gasteiger partial charge on any atom is 0.256 e. The Balaban J connectivity index is 1.34. The molecule has 6 aromatic carbocycles. The molecular weight excluding hydrogens is 604 g/mol. The summed E-state index contributed by atoms with van der Waals surface area (Å²) in [6.45, 7) is 13.4. The number of hydrogen-bond acceptors (Lipinski definition) is 4. The first-order chi connectivity index (χ1) is 23.3. The molecule has 0 saturated carbocycles. The monoisotopic (exact) mass is 635 g/mol. The van der Waals surface area contributed by atoms with E-state index >= 15 is 0 Å². The second-order valence-electron chi connectivity index (χ2n) is 14.4. The van der Waals surface area contributed by atoms with Crippen LogP contribution < -0.4 is 47.2 Å². The summed E-state index contributed by atoms with van der Waals surface area (Å²) in [6.07, 6.45) is 0. The van der Waals surface area contributed by atoms with Crippen LogP contribution in [0.2, 0.25) is 0 Å². The van der Waals surface area contributed by atoms with Crippen LogP contribution in [0.5, 0.6) is 23.0 Å². The van der Waals surface area contributed by atoms with Gasteiger partial charge in [0.2, 0.25) is 0 Å². The maximum atomic E-state index is 7.09. The third-order valence-corrected chi connectivity index (χ3v) is 12.4. The maximum absolute atomic E-state index is 7.09. The highest BCUT2D eigenvalue weighted by atomic mass is 32.1. The van der Waals surface area contributed by atoms with Gasteiger partial charge < -0.3 is 14.4 Å². The molecule has 11 rings (SSSR count). The van der Waals surface area contributed by atoms with Gasteiger partial charge in [-0.15, -0.1) is 11.3 Å². The smallest absolute Gasteiger partial charge is 0.256 e. The van der Waals surface area contributed by atoms with Gasteiger partial charge in [0.05, 0.1) is 0 Å². The zero-order chi connectivity index (χ0) is 32.3. The molecule has 0 N–H and O–H groups in total. The number of aryl methyl sites for hydroxylation is 5. The molecule has 7 aromatic rings. The predicted octanol–water partition coefficient (Wildman–Crippen LogP) is 7.25. The molecule has 1 aromatic heterocycles. The van der Waals surface area contributed by atoms with E-state index in [-0.39, 0.29) is 13.4 Å². The fourth-order valence-corrected chi connectivity index (χ4v) is 10.6. The van der Waals surface area contributed by atoms with Crippen molar-refractivity contribution in [2.45, 2.75) is 41.5 Å². The highest BCUT2D eigenvalue weighted by molar-refractivity contribution is 7.26. The van der Waals surface area contributed by atoms with Gasteiger partial charge >= 0.3 is 0 Å². The average Bonchev–Trinajstić information content (AvgIpc) is 3.42. The molecule has 6 heteroatoms. The van der Waals surface area contributed by atoms with Gasteiger partial charge in [-0.25, -0.2) is 0 Å². The van der Waals surface area contributed by atoms with Gasteiger partial charge in [0, 0.05) is 37.4 Å². The summed E-state index contributed by atoms with van der Waals surface area (Å²) < 4.78 is 16.8. The minimum Gasteiger partial charge on any atom is -0.458 e. The van der Waals surface area contributed by atoms with E-state index in [2.05, 4.69) is 125 Å². The number of rotatable bonds is 0. The topological polar surface area (TPSA) is 21.7 Å². The van der Waals surface area contributed by atoms with E-state index in [1.807, 2.05) is 11.3 Å². The fraction of sp³-hybridized carbons (Fsp3) is 0.143. The molecule has 0 aliphatic carbocycles. The van der Waals surface area contributed by atoms with Gasteiger partial charge in [0.15, 0.2) is 0 Å².